The molecule has 0 aliphatic carbocycles. The van der Waals surface area contributed by atoms with Crippen molar-refractivity contribution in [2.45, 2.75) is 46.1 Å². The van der Waals surface area contributed by atoms with Gasteiger partial charge >= 0.3 is 0 Å². The van der Waals surface area contributed by atoms with Crippen LogP contribution in [-0.2, 0) is 16.3 Å². The molecular weight excluding hydrogens is 406 g/mol. The Balaban J connectivity index is 1.95. The molecule has 0 unspecified atom stereocenters. The fourth-order valence-electron chi connectivity index (χ4n) is 4.16. The number of sulfone groups is 1. The van der Waals surface area contributed by atoms with Gasteiger partial charge in [-0.15, -0.1) is 0 Å². The summed E-state index contributed by atoms with van der Waals surface area (Å²) < 4.78 is 23.4. The summed E-state index contributed by atoms with van der Waals surface area (Å²) in [6.07, 6.45) is 5.84. The molecule has 1 N–H and O–H groups in total. The first-order valence-corrected chi connectivity index (χ1v) is 12.5. The van der Waals surface area contributed by atoms with Crippen LogP contribution in [-0.4, -0.2) is 26.0 Å². The Labute approximate surface area is 186 Å². The number of hydrogen-bond donors (Lipinski definition) is 1. The van der Waals surface area contributed by atoms with Crippen molar-refractivity contribution in [3.05, 3.63) is 82.3 Å². The van der Waals surface area contributed by atoms with Crippen molar-refractivity contribution < 1.29 is 13.2 Å². The molecule has 1 aliphatic heterocycles. The number of rotatable bonds is 7. The topological polar surface area (TPSA) is 63.2 Å². The molecule has 0 saturated carbocycles. The van der Waals surface area contributed by atoms with E-state index in [1.165, 1.54) is 11.7 Å². The first-order valence-electron chi connectivity index (χ1n) is 10.5. The van der Waals surface area contributed by atoms with E-state index in [1.807, 2.05) is 43.3 Å². The summed E-state index contributed by atoms with van der Waals surface area (Å²) in [5.74, 6) is -0.203. The maximum absolute atomic E-state index is 13.5. The van der Waals surface area contributed by atoms with E-state index in [1.54, 1.807) is 6.08 Å². The van der Waals surface area contributed by atoms with E-state index in [4.69, 9.17) is 0 Å². The third kappa shape index (κ3) is 6.17. The zero-order valence-corrected chi connectivity index (χ0v) is 19.7. The molecule has 0 saturated heterocycles. The molecule has 31 heavy (non-hydrogen) atoms. The highest BCUT2D eigenvalue weighted by atomic mass is 32.2. The Kier molecular flexibility index (Phi) is 6.56. The second kappa shape index (κ2) is 8.83. The van der Waals surface area contributed by atoms with Crippen LogP contribution in [0.25, 0.3) is 5.57 Å². The second-order valence-electron chi connectivity index (χ2n) is 9.14. The number of anilines is 1. The summed E-state index contributed by atoms with van der Waals surface area (Å²) >= 11 is 0. The van der Waals surface area contributed by atoms with E-state index >= 15 is 0 Å². The summed E-state index contributed by atoms with van der Waals surface area (Å²) in [6.45, 7) is 8.23. The number of nitrogens with one attached hydrogen (secondary N) is 1. The van der Waals surface area contributed by atoms with Gasteiger partial charge in [0.15, 0.2) is 15.6 Å². The second-order valence-corrected chi connectivity index (χ2v) is 11.1. The van der Waals surface area contributed by atoms with E-state index in [2.05, 4.69) is 38.2 Å². The maximum Gasteiger partial charge on any atom is 0.168 e. The van der Waals surface area contributed by atoms with Crippen molar-refractivity contribution in [2.75, 3.05) is 11.6 Å². The minimum atomic E-state index is -3.27. The quantitative estimate of drug-likeness (QED) is 0.573. The monoisotopic (exact) mass is 437 g/mol. The lowest BCUT2D eigenvalue weighted by atomic mass is 9.85. The van der Waals surface area contributed by atoms with Crippen LogP contribution in [0.4, 0.5) is 5.69 Å². The van der Waals surface area contributed by atoms with Crippen molar-refractivity contribution in [1.29, 1.82) is 0 Å². The standard InChI is InChI=1S/C26H31NO3S/c1-18-13-22-19(2)17-26(3,4)27-25(22)23(14-18)24(28)16-21(11-12-31(5,29)30)15-20-9-7-6-8-10-20/h6-14,17,21,27H,15-16H2,1-5H3/b12-11+/t21-/m1/s1. The smallest absolute Gasteiger partial charge is 0.168 e. The summed E-state index contributed by atoms with van der Waals surface area (Å²) in [5.41, 5.74) is 5.59. The predicted octanol–water partition coefficient (Wildman–Crippen LogP) is 5.59. The molecule has 2 aromatic rings. The Morgan fingerprint density at radius 1 is 1.13 bits per heavy atom. The molecule has 2 aromatic carbocycles. The molecule has 1 heterocycles. The SMILES string of the molecule is CC1=CC(C)(C)Nc2c(C(=O)C[C@H](/C=C/S(C)(=O)=O)Cc3ccccc3)cc(C)cc21. The van der Waals surface area contributed by atoms with Crippen molar-refractivity contribution in [1.82, 2.24) is 0 Å². The average Bonchev–Trinajstić information content (AvgIpc) is 2.66. The van der Waals surface area contributed by atoms with Crippen LogP contribution >= 0.6 is 0 Å². The zero-order valence-electron chi connectivity index (χ0n) is 18.9. The molecule has 0 amide bonds. The van der Waals surface area contributed by atoms with Crippen LogP contribution in [0, 0.1) is 12.8 Å². The summed E-state index contributed by atoms with van der Waals surface area (Å²) in [4.78, 5) is 13.5. The number of aryl methyl sites for hydroxylation is 1. The van der Waals surface area contributed by atoms with Crippen LogP contribution in [0.15, 0.2) is 60.0 Å². The Hall–Kier alpha value is -2.66. The molecule has 0 fully saturated rings. The van der Waals surface area contributed by atoms with Gasteiger partial charge < -0.3 is 5.32 Å². The molecule has 0 radical (unpaired) electrons. The lowest BCUT2D eigenvalue weighted by Crippen LogP contribution is -2.32. The van der Waals surface area contributed by atoms with Crippen molar-refractivity contribution in [3.63, 3.8) is 0 Å². The van der Waals surface area contributed by atoms with Gasteiger partial charge in [-0.3, -0.25) is 4.79 Å². The molecule has 0 bridgehead atoms. The van der Waals surface area contributed by atoms with Gasteiger partial charge in [0.25, 0.3) is 0 Å². The van der Waals surface area contributed by atoms with E-state index < -0.39 is 9.84 Å². The molecule has 3 rings (SSSR count). The van der Waals surface area contributed by atoms with Gasteiger partial charge in [-0.2, -0.15) is 0 Å². The van der Waals surface area contributed by atoms with Gasteiger partial charge in [-0.25, -0.2) is 8.42 Å². The number of carbonyl (C=O) groups excluding carboxylic acids is 1. The first kappa shape index (κ1) is 23.0. The predicted molar refractivity (Wildman–Crippen MR) is 129 cm³/mol. The molecular formula is C26H31NO3S. The van der Waals surface area contributed by atoms with Gasteiger partial charge in [0.1, 0.15) is 0 Å². The van der Waals surface area contributed by atoms with Crippen LogP contribution in [0.3, 0.4) is 0 Å². The van der Waals surface area contributed by atoms with Crippen LogP contribution in [0.1, 0.15) is 54.2 Å². The minimum Gasteiger partial charge on any atom is -0.376 e. The van der Waals surface area contributed by atoms with Crippen molar-refractivity contribution >= 4 is 26.9 Å². The van der Waals surface area contributed by atoms with Gasteiger partial charge in [-0.1, -0.05) is 42.5 Å². The highest BCUT2D eigenvalue weighted by Crippen LogP contribution is 2.37. The Bertz CT molecular complexity index is 1140. The van der Waals surface area contributed by atoms with Gasteiger partial charge in [0.05, 0.1) is 11.2 Å². The number of Topliss-reactive ketones (excluding diaryl/α,β-unsaturated/α-hetero) is 1. The molecule has 1 atom stereocenters. The summed E-state index contributed by atoms with van der Waals surface area (Å²) in [6, 6.07) is 13.9. The van der Waals surface area contributed by atoms with E-state index in [0.29, 0.717) is 12.0 Å². The van der Waals surface area contributed by atoms with Gasteiger partial charge in [0, 0.05) is 29.2 Å². The largest absolute Gasteiger partial charge is 0.376 e. The number of carbonyl (C=O) groups is 1. The van der Waals surface area contributed by atoms with Crippen LogP contribution in [0.5, 0.6) is 0 Å². The number of hydrogen-bond acceptors (Lipinski definition) is 4. The van der Waals surface area contributed by atoms with Crippen molar-refractivity contribution in [2.24, 2.45) is 5.92 Å². The number of allylic oxidation sites excluding steroid dienone is 2. The van der Waals surface area contributed by atoms with E-state index in [9.17, 15) is 13.2 Å². The average molecular weight is 438 g/mol. The number of benzene rings is 2. The number of ketones is 1. The van der Waals surface area contributed by atoms with E-state index in [-0.39, 0.29) is 23.7 Å². The van der Waals surface area contributed by atoms with Crippen molar-refractivity contribution in [3.8, 4) is 0 Å². The highest BCUT2D eigenvalue weighted by Gasteiger charge is 2.27. The normalized spacial score (nSPS) is 16.4. The lowest BCUT2D eigenvalue weighted by molar-refractivity contribution is 0.0969. The molecule has 0 spiro atoms. The lowest BCUT2D eigenvalue weighted by Gasteiger charge is -2.33. The van der Waals surface area contributed by atoms with Crippen LogP contribution in [0.2, 0.25) is 0 Å². The fourth-order valence-corrected chi connectivity index (χ4v) is 4.66. The molecule has 5 heteroatoms. The maximum atomic E-state index is 13.5. The summed E-state index contributed by atoms with van der Waals surface area (Å²) in [5, 5.41) is 4.73. The number of fused-ring (bicyclic) bond motifs is 1. The molecule has 164 valence electrons. The van der Waals surface area contributed by atoms with Gasteiger partial charge in [0.2, 0.25) is 0 Å². The fraction of sp³-hybridized carbons (Fsp3) is 0.346. The van der Waals surface area contributed by atoms with E-state index in [0.717, 1.165) is 28.0 Å². The Morgan fingerprint density at radius 2 is 1.81 bits per heavy atom. The third-order valence-corrected chi connectivity index (χ3v) is 6.07. The first-order chi connectivity index (χ1) is 14.4. The van der Waals surface area contributed by atoms with Crippen LogP contribution < -0.4 is 5.32 Å². The highest BCUT2D eigenvalue weighted by molar-refractivity contribution is 7.93. The summed E-state index contributed by atoms with van der Waals surface area (Å²) in [7, 11) is -3.27. The molecule has 0 aromatic heterocycles. The molecule has 4 nitrogen and oxygen atoms in total. The van der Waals surface area contributed by atoms with Gasteiger partial charge in [-0.05, 0) is 68.9 Å². The Morgan fingerprint density at radius 3 is 2.45 bits per heavy atom. The third-order valence-electron chi connectivity index (χ3n) is 5.42. The zero-order chi connectivity index (χ0) is 22.8. The minimum absolute atomic E-state index is 0.0111. The molecule has 1 aliphatic rings.